The Kier molecular flexibility index (Phi) is 6.31. The molecule has 1 aromatic heterocycles. The quantitative estimate of drug-likeness (QED) is 0.814. The second-order valence-corrected chi connectivity index (χ2v) is 5.85. The van der Waals surface area contributed by atoms with E-state index in [1.807, 2.05) is 6.07 Å². The number of aromatic nitrogens is 1. The smallest absolute Gasteiger partial charge is 0.217 e. The minimum atomic E-state index is 0.377. The average molecular weight is 276 g/mol. The van der Waals surface area contributed by atoms with Crippen LogP contribution in [-0.2, 0) is 0 Å². The number of nitrogens with one attached hydrogen (secondary N) is 1. The highest BCUT2D eigenvalue weighted by Gasteiger charge is 2.22. The lowest BCUT2D eigenvalue weighted by molar-refractivity contribution is 0.294. The van der Waals surface area contributed by atoms with E-state index in [0.29, 0.717) is 6.04 Å². The second kappa shape index (κ2) is 8.25. The van der Waals surface area contributed by atoms with Gasteiger partial charge in [0.15, 0.2) is 0 Å². The molecule has 20 heavy (non-hydrogen) atoms. The van der Waals surface area contributed by atoms with Crippen LogP contribution in [0.2, 0.25) is 0 Å². The van der Waals surface area contributed by atoms with Crippen molar-refractivity contribution in [1.29, 1.82) is 0 Å². The normalized spacial score (nSPS) is 17.9. The number of hydrogen-bond donors (Lipinski definition) is 1. The van der Waals surface area contributed by atoms with Crippen molar-refractivity contribution in [1.82, 2.24) is 10.3 Å². The predicted octanol–water partition coefficient (Wildman–Crippen LogP) is 4.10. The summed E-state index contributed by atoms with van der Waals surface area (Å²) in [6.45, 7) is 3.26. The molecule has 0 radical (unpaired) electrons. The Morgan fingerprint density at radius 1 is 1.35 bits per heavy atom. The topological polar surface area (TPSA) is 34.2 Å². The summed E-state index contributed by atoms with van der Waals surface area (Å²) in [5.74, 6) is 1.62. The molecule has 1 fully saturated rings. The Hall–Kier alpha value is -1.09. The van der Waals surface area contributed by atoms with Crippen molar-refractivity contribution in [2.75, 3.05) is 13.7 Å². The van der Waals surface area contributed by atoms with Gasteiger partial charge in [0.2, 0.25) is 5.88 Å². The van der Waals surface area contributed by atoms with Crippen LogP contribution < -0.4 is 10.1 Å². The molecule has 1 unspecified atom stereocenters. The van der Waals surface area contributed by atoms with Gasteiger partial charge >= 0.3 is 0 Å². The molecule has 0 aromatic carbocycles. The predicted molar refractivity (Wildman–Crippen MR) is 83.0 cm³/mol. The summed E-state index contributed by atoms with van der Waals surface area (Å²) in [7, 11) is 1.71. The molecule has 1 saturated carbocycles. The first-order valence-corrected chi connectivity index (χ1v) is 8.07. The number of nitrogens with zero attached hydrogens (tertiary/aromatic N) is 1. The van der Waals surface area contributed by atoms with Crippen molar-refractivity contribution in [2.45, 2.75) is 57.9 Å². The monoisotopic (exact) mass is 276 g/mol. The van der Waals surface area contributed by atoms with Crippen LogP contribution in [0.1, 0.15) is 63.5 Å². The first kappa shape index (κ1) is 15.3. The molecule has 1 heterocycles. The molecular weight excluding hydrogens is 248 g/mol. The van der Waals surface area contributed by atoms with E-state index in [2.05, 4.69) is 23.3 Å². The molecule has 0 aliphatic heterocycles. The lowest BCUT2D eigenvalue weighted by atomic mass is 9.83. The summed E-state index contributed by atoms with van der Waals surface area (Å²) in [6.07, 6.45) is 11.1. The highest BCUT2D eigenvalue weighted by atomic mass is 16.5. The van der Waals surface area contributed by atoms with Crippen LogP contribution in [0.25, 0.3) is 0 Å². The SMILES string of the molecule is CCCNC(CC1CCCCC1)c1cccnc1OC. The number of methoxy groups -OCH3 is 1. The van der Waals surface area contributed by atoms with Gasteiger partial charge in [-0.3, -0.25) is 0 Å². The molecule has 1 atom stereocenters. The molecule has 3 heteroatoms. The van der Waals surface area contributed by atoms with Crippen molar-refractivity contribution in [3.8, 4) is 5.88 Å². The molecule has 0 bridgehead atoms. The molecule has 1 N–H and O–H groups in total. The molecule has 0 amide bonds. The van der Waals surface area contributed by atoms with E-state index in [4.69, 9.17) is 4.74 Å². The maximum atomic E-state index is 5.44. The average Bonchev–Trinajstić information content (AvgIpc) is 2.52. The van der Waals surface area contributed by atoms with E-state index in [1.54, 1.807) is 13.3 Å². The van der Waals surface area contributed by atoms with E-state index in [-0.39, 0.29) is 0 Å². The fourth-order valence-corrected chi connectivity index (χ4v) is 3.23. The Morgan fingerprint density at radius 3 is 2.85 bits per heavy atom. The van der Waals surface area contributed by atoms with Crippen molar-refractivity contribution >= 4 is 0 Å². The van der Waals surface area contributed by atoms with Crippen molar-refractivity contribution < 1.29 is 4.74 Å². The Balaban J connectivity index is 2.08. The maximum Gasteiger partial charge on any atom is 0.217 e. The van der Waals surface area contributed by atoms with Crippen LogP contribution in [0.4, 0.5) is 0 Å². The minimum absolute atomic E-state index is 0.377. The van der Waals surface area contributed by atoms with Gasteiger partial charge in [0.1, 0.15) is 0 Å². The van der Waals surface area contributed by atoms with E-state index in [9.17, 15) is 0 Å². The summed E-state index contributed by atoms with van der Waals surface area (Å²) < 4.78 is 5.44. The van der Waals surface area contributed by atoms with Gasteiger partial charge in [0.25, 0.3) is 0 Å². The zero-order valence-electron chi connectivity index (χ0n) is 12.9. The van der Waals surface area contributed by atoms with Crippen LogP contribution >= 0.6 is 0 Å². The molecule has 1 aromatic rings. The lowest BCUT2D eigenvalue weighted by Crippen LogP contribution is -2.26. The van der Waals surface area contributed by atoms with E-state index in [0.717, 1.165) is 24.8 Å². The zero-order valence-corrected chi connectivity index (χ0v) is 12.9. The summed E-state index contributed by atoms with van der Waals surface area (Å²) >= 11 is 0. The first-order chi connectivity index (χ1) is 9.85. The van der Waals surface area contributed by atoms with Crippen molar-refractivity contribution in [3.05, 3.63) is 23.9 Å². The Labute approximate surface area is 123 Å². The molecule has 1 aliphatic rings. The summed E-state index contributed by atoms with van der Waals surface area (Å²) in [5, 5.41) is 3.69. The number of hydrogen-bond acceptors (Lipinski definition) is 3. The van der Waals surface area contributed by atoms with Gasteiger partial charge in [-0.15, -0.1) is 0 Å². The van der Waals surface area contributed by atoms with Crippen LogP contribution in [0.5, 0.6) is 5.88 Å². The van der Waals surface area contributed by atoms with Crippen molar-refractivity contribution in [3.63, 3.8) is 0 Å². The Bertz CT molecular complexity index is 388. The Morgan fingerprint density at radius 2 is 2.15 bits per heavy atom. The maximum absolute atomic E-state index is 5.44. The van der Waals surface area contributed by atoms with Crippen LogP contribution in [0.15, 0.2) is 18.3 Å². The van der Waals surface area contributed by atoms with Gasteiger partial charge in [-0.2, -0.15) is 0 Å². The van der Waals surface area contributed by atoms with E-state index >= 15 is 0 Å². The second-order valence-electron chi connectivity index (χ2n) is 5.85. The molecule has 1 aliphatic carbocycles. The largest absolute Gasteiger partial charge is 0.481 e. The third-order valence-corrected chi connectivity index (χ3v) is 4.30. The van der Waals surface area contributed by atoms with Crippen molar-refractivity contribution in [2.24, 2.45) is 5.92 Å². The van der Waals surface area contributed by atoms with E-state index < -0.39 is 0 Å². The molecule has 0 spiro atoms. The van der Waals surface area contributed by atoms with Crippen LogP contribution in [-0.4, -0.2) is 18.6 Å². The summed E-state index contributed by atoms with van der Waals surface area (Å²) in [4.78, 5) is 4.36. The molecule has 112 valence electrons. The van der Waals surface area contributed by atoms with Gasteiger partial charge in [0, 0.05) is 17.8 Å². The molecule has 3 nitrogen and oxygen atoms in total. The van der Waals surface area contributed by atoms with Gasteiger partial charge in [0.05, 0.1) is 7.11 Å². The fraction of sp³-hybridized carbons (Fsp3) is 0.706. The summed E-state index contributed by atoms with van der Waals surface area (Å²) in [5.41, 5.74) is 1.22. The third-order valence-electron chi connectivity index (χ3n) is 4.30. The highest BCUT2D eigenvalue weighted by molar-refractivity contribution is 5.29. The molecule has 2 rings (SSSR count). The van der Waals surface area contributed by atoms with Gasteiger partial charge in [-0.1, -0.05) is 45.1 Å². The van der Waals surface area contributed by atoms with Gasteiger partial charge < -0.3 is 10.1 Å². The van der Waals surface area contributed by atoms with Gasteiger partial charge in [-0.25, -0.2) is 4.98 Å². The van der Waals surface area contributed by atoms with Gasteiger partial charge in [-0.05, 0) is 31.4 Å². The molecular formula is C17H28N2O. The number of ether oxygens (including phenoxy) is 1. The number of pyridine rings is 1. The first-order valence-electron chi connectivity index (χ1n) is 8.07. The summed E-state index contributed by atoms with van der Waals surface area (Å²) in [6, 6.07) is 4.54. The fourth-order valence-electron chi connectivity index (χ4n) is 3.23. The zero-order chi connectivity index (χ0) is 14.2. The van der Waals surface area contributed by atoms with E-state index in [1.165, 1.54) is 44.1 Å². The highest BCUT2D eigenvalue weighted by Crippen LogP contribution is 2.34. The number of rotatable bonds is 7. The molecule has 0 saturated heterocycles. The van der Waals surface area contributed by atoms with Crippen LogP contribution in [0, 0.1) is 5.92 Å². The standard InChI is InChI=1S/C17H28N2O/c1-3-11-18-16(13-14-8-5-4-6-9-14)15-10-7-12-19-17(15)20-2/h7,10,12,14,16,18H,3-6,8-9,11,13H2,1-2H3. The minimum Gasteiger partial charge on any atom is -0.481 e. The lowest BCUT2D eigenvalue weighted by Gasteiger charge is -2.28. The van der Waals surface area contributed by atoms with Crippen LogP contribution in [0.3, 0.4) is 0 Å². The third kappa shape index (κ3) is 4.20.